The summed E-state index contributed by atoms with van der Waals surface area (Å²) in [6.07, 6.45) is -2.57. The molecular formula is C46H38F3N5O9. The molecule has 3 heterocycles. The number of alkyl halides is 3. The maximum absolute atomic E-state index is 15.2. The number of aromatic hydroxyl groups is 1. The first-order valence-corrected chi connectivity index (χ1v) is 19.9. The highest BCUT2D eigenvalue weighted by Crippen LogP contribution is 2.62. The molecule has 1 N–H and O–H groups in total. The Bertz CT molecular complexity index is 3110. The minimum Gasteiger partial charge on any atom is -0.508 e. The molecule has 3 aliphatic rings. The summed E-state index contributed by atoms with van der Waals surface area (Å²) in [7, 11) is 4.48. The van der Waals surface area contributed by atoms with Crippen LogP contribution in [0.3, 0.4) is 0 Å². The highest BCUT2D eigenvalue weighted by atomic mass is 19.4. The zero-order valence-electron chi connectivity index (χ0n) is 34.0. The average molecular weight is 862 g/mol. The number of Topliss-reactive ketones (excluding diaryl/α,β-unsaturated/α-hetero) is 1. The van der Waals surface area contributed by atoms with Gasteiger partial charge in [-0.1, -0.05) is 66.7 Å². The van der Waals surface area contributed by atoms with Gasteiger partial charge in [0.15, 0.2) is 23.1 Å². The lowest BCUT2D eigenvalue weighted by Gasteiger charge is -2.54. The van der Waals surface area contributed by atoms with Crippen molar-refractivity contribution in [3.05, 3.63) is 162 Å². The molecule has 0 amide bonds. The third-order valence-electron chi connectivity index (χ3n) is 12.5. The SMILES string of the molecule is COc1cc2nc(CCn3c(=O)n4n(c3=O)C3CC5C(=O)C(c6ccccc6)=CC(=O)C5(c5ccccc5)C(c5cc(OC(F)(F)F)ccc5O)C3=CC4)c(=O)n(C)c2cc1OC. The minimum absolute atomic E-state index is 0.0601. The van der Waals surface area contributed by atoms with Crippen molar-refractivity contribution < 1.29 is 42.1 Å². The first-order chi connectivity index (χ1) is 30.2. The quantitative estimate of drug-likeness (QED) is 0.187. The molecule has 17 heteroatoms. The van der Waals surface area contributed by atoms with Crippen molar-refractivity contribution in [2.75, 3.05) is 14.2 Å². The number of phenolic OH excluding ortho intramolecular Hbond substituents is 1. The molecule has 4 unspecified atom stereocenters. The number of methoxy groups -OCH3 is 2. The monoisotopic (exact) mass is 861 g/mol. The van der Waals surface area contributed by atoms with E-state index in [0.717, 1.165) is 22.8 Å². The van der Waals surface area contributed by atoms with Crippen LogP contribution < -0.4 is 31.1 Å². The number of halogens is 3. The maximum atomic E-state index is 15.2. The van der Waals surface area contributed by atoms with E-state index in [9.17, 15) is 32.7 Å². The van der Waals surface area contributed by atoms with Crippen molar-refractivity contribution in [3.63, 3.8) is 0 Å². The summed E-state index contributed by atoms with van der Waals surface area (Å²) in [5.41, 5.74) is -1.85. The van der Waals surface area contributed by atoms with Crippen LogP contribution in [0.15, 0.2) is 123 Å². The summed E-state index contributed by atoms with van der Waals surface area (Å²) in [4.78, 5) is 77.4. The number of rotatable bonds is 9. The summed E-state index contributed by atoms with van der Waals surface area (Å²) >= 11 is 0. The molecule has 0 saturated heterocycles. The fourth-order valence-corrected chi connectivity index (χ4v) is 9.77. The van der Waals surface area contributed by atoms with Crippen LogP contribution in [-0.2, 0) is 41.6 Å². The van der Waals surface area contributed by atoms with E-state index in [1.807, 2.05) is 0 Å². The van der Waals surface area contributed by atoms with Crippen LogP contribution in [0.25, 0.3) is 16.6 Å². The summed E-state index contributed by atoms with van der Waals surface area (Å²) < 4.78 is 60.9. The molecule has 0 radical (unpaired) electrons. The Morgan fingerprint density at radius 1 is 0.873 bits per heavy atom. The van der Waals surface area contributed by atoms with Gasteiger partial charge < -0.3 is 23.9 Å². The molecule has 1 fully saturated rings. The van der Waals surface area contributed by atoms with E-state index < -0.39 is 69.7 Å². The predicted octanol–water partition coefficient (Wildman–Crippen LogP) is 5.38. The number of carbonyl (C=O) groups is 2. The van der Waals surface area contributed by atoms with Crippen molar-refractivity contribution in [1.82, 2.24) is 23.5 Å². The Morgan fingerprint density at radius 2 is 1.56 bits per heavy atom. The van der Waals surface area contributed by atoms with Gasteiger partial charge in [0, 0.05) is 55.1 Å². The molecule has 2 aromatic heterocycles. The summed E-state index contributed by atoms with van der Waals surface area (Å²) in [5.74, 6) is -4.07. The van der Waals surface area contributed by atoms with Crippen LogP contribution >= 0.6 is 0 Å². The second-order valence-corrected chi connectivity index (χ2v) is 15.6. The third-order valence-corrected chi connectivity index (χ3v) is 12.5. The van der Waals surface area contributed by atoms with Gasteiger partial charge in [0.2, 0.25) is 0 Å². The van der Waals surface area contributed by atoms with Gasteiger partial charge in [-0.3, -0.25) is 14.4 Å². The molecule has 63 heavy (non-hydrogen) atoms. The van der Waals surface area contributed by atoms with Gasteiger partial charge in [-0.25, -0.2) is 28.5 Å². The highest BCUT2D eigenvalue weighted by molar-refractivity contribution is 6.31. The number of aromatic nitrogens is 5. The Hall–Kier alpha value is -7.43. The molecule has 0 spiro atoms. The van der Waals surface area contributed by atoms with E-state index in [1.165, 1.54) is 34.2 Å². The minimum atomic E-state index is -5.11. The lowest BCUT2D eigenvalue weighted by Crippen LogP contribution is -2.58. The molecular weight excluding hydrogens is 824 g/mol. The molecule has 4 atom stereocenters. The molecule has 0 bridgehead atoms. The first-order valence-electron chi connectivity index (χ1n) is 19.9. The van der Waals surface area contributed by atoms with E-state index in [1.54, 1.807) is 85.9 Å². The Morgan fingerprint density at radius 3 is 2.24 bits per heavy atom. The largest absolute Gasteiger partial charge is 0.573 e. The Kier molecular flexibility index (Phi) is 9.87. The first kappa shape index (κ1) is 40.9. The Labute approximate surface area is 355 Å². The van der Waals surface area contributed by atoms with Crippen molar-refractivity contribution >= 4 is 28.2 Å². The molecule has 14 nitrogen and oxygen atoms in total. The van der Waals surface area contributed by atoms with Crippen molar-refractivity contribution in [3.8, 4) is 23.0 Å². The number of hydrogen-bond donors (Lipinski definition) is 1. The number of nitrogens with zero attached hydrogens (tertiary/aromatic N) is 5. The lowest BCUT2D eigenvalue weighted by molar-refractivity contribution is -0.274. The number of carbonyl (C=O) groups excluding carboxylic acids is 2. The molecule has 6 aromatic rings. The Balaban J connectivity index is 1.21. The predicted molar refractivity (Wildman–Crippen MR) is 222 cm³/mol. The lowest BCUT2D eigenvalue weighted by atomic mass is 9.47. The number of aryl methyl sites for hydroxylation is 2. The van der Waals surface area contributed by atoms with E-state index in [-0.39, 0.29) is 42.8 Å². The van der Waals surface area contributed by atoms with Crippen molar-refractivity contribution in [2.45, 2.75) is 49.7 Å². The second-order valence-electron chi connectivity index (χ2n) is 15.6. The molecule has 4 aromatic carbocycles. The van der Waals surface area contributed by atoms with E-state index in [0.29, 0.717) is 39.2 Å². The van der Waals surface area contributed by atoms with Gasteiger partial charge in [-0.2, -0.15) is 0 Å². The van der Waals surface area contributed by atoms with Crippen LogP contribution in [0.4, 0.5) is 13.2 Å². The molecule has 1 saturated carbocycles. The van der Waals surface area contributed by atoms with Crippen molar-refractivity contribution in [1.29, 1.82) is 0 Å². The van der Waals surface area contributed by atoms with E-state index in [2.05, 4.69) is 9.72 Å². The number of hydrogen-bond acceptors (Lipinski definition) is 10. The zero-order valence-corrected chi connectivity index (χ0v) is 34.0. The van der Waals surface area contributed by atoms with Gasteiger partial charge in [0.1, 0.15) is 17.2 Å². The zero-order chi connectivity index (χ0) is 44.5. The normalized spacial score (nSPS) is 20.6. The number of ether oxygens (including phenoxy) is 3. The average Bonchev–Trinajstić information content (AvgIpc) is 3.52. The van der Waals surface area contributed by atoms with Crippen LogP contribution in [-0.4, -0.2) is 60.7 Å². The maximum Gasteiger partial charge on any atom is 0.573 e. The molecule has 9 rings (SSSR count). The van der Waals surface area contributed by atoms with Gasteiger partial charge >= 0.3 is 17.7 Å². The second kappa shape index (κ2) is 15.2. The standard InChI is InChI=1S/C46H38F3N5O9/c1-51-35-24-38(62-3)37(61-2)23-33(35)50-32(42(51)58)17-18-52-43(59)53-19-16-28-34(54(53)44(52)60)22-31-41(57)29(25-10-6-4-7-11-25)21-39(56)45(31,26-12-8-5-9-13-26)40(28)30-20-27(14-15-36(30)55)63-46(47,48)49/h4-16,20-21,23-24,31,34,40,55H,17-19,22H2,1-3H3. The van der Waals surface area contributed by atoms with Crippen LogP contribution in [0, 0.1) is 5.92 Å². The van der Waals surface area contributed by atoms with Crippen LogP contribution in [0.2, 0.25) is 0 Å². The van der Waals surface area contributed by atoms with Crippen LogP contribution in [0.1, 0.15) is 40.8 Å². The number of benzene rings is 4. The van der Waals surface area contributed by atoms with Gasteiger partial charge in [0.25, 0.3) is 5.56 Å². The molecule has 2 aliphatic carbocycles. The van der Waals surface area contributed by atoms with Crippen molar-refractivity contribution in [2.24, 2.45) is 13.0 Å². The summed E-state index contributed by atoms with van der Waals surface area (Å²) in [5, 5.41) is 11.6. The summed E-state index contributed by atoms with van der Waals surface area (Å²) in [6.45, 7) is -0.492. The smallest absolute Gasteiger partial charge is 0.508 e. The topological polar surface area (TPSA) is 166 Å². The fraction of sp³-hybridized carbons (Fsp3) is 0.261. The molecule has 322 valence electrons. The fourth-order valence-electron chi connectivity index (χ4n) is 9.77. The van der Waals surface area contributed by atoms with Gasteiger partial charge in [0.05, 0.1) is 43.3 Å². The van der Waals surface area contributed by atoms with Crippen LogP contribution in [0.5, 0.6) is 23.0 Å². The number of fused-ring (bicyclic) bond motifs is 5. The van der Waals surface area contributed by atoms with Gasteiger partial charge in [-0.05, 0) is 47.4 Å². The highest BCUT2D eigenvalue weighted by Gasteiger charge is 2.63. The number of ketones is 2. The number of phenols is 1. The van der Waals surface area contributed by atoms with Gasteiger partial charge in [-0.15, -0.1) is 13.2 Å². The van der Waals surface area contributed by atoms with E-state index >= 15 is 9.59 Å². The third kappa shape index (κ3) is 6.48. The number of allylic oxidation sites excluding steroid dienone is 4. The molecule has 1 aliphatic heterocycles. The summed E-state index contributed by atoms with van der Waals surface area (Å²) in [6, 6.07) is 21.9. The van der Waals surface area contributed by atoms with E-state index in [4.69, 9.17) is 9.47 Å².